The van der Waals surface area contributed by atoms with Gasteiger partial charge >= 0.3 is 0 Å². The quantitative estimate of drug-likeness (QED) is 0.457. The number of allylic oxidation sites excluding steroid dienone is 2. The van der Waals surface area contributed by atoms with Gasteiger partial charge in [-0.15, -0.1) is 0 Å². The van der Waals surface area contributed by atoms with Crippen LogP contribution in [0.25, 0.3) is 0 Å². The fraction of sp³-hybridized carbons (Fsp3) is 0.833. The molecule has 0 aliphatic heterocycles. The Morgan fingerprint density at radius 2 is 1.67 bits per heavy atom. The van der Waals surface area contributed by atoms with Crippen LogP contribution in [-0.2, 0) is 4.79 Å². The van der Waals surface area contributed by atoms with Gasteiger partial charge in [0, 0.05) is 11.8 Å². The molecule has 0 spiro atoms. The van der Waals surface area contributed by atoms with Crippen LogP contribution in [0.2, 0.25) is 0 Å². The van der Waals surface area contributed by atoms with E-state index in [4.69, 9.17) is 0 Å². The van der Waals surface area contributed by atoms with Gasteiger partial charge in [-0.3, -0.25) is 4.79 Å². The molecular weight excluding hydrogens is 408 g/mol. The second-order valence-corrected chi connectivity index (χ2v) is 13.6. The number of fused-ring (bicyclic) bond motifs is 5. The molecule has 0 unspecified atom stereocenters. The SMILES string of the molecule is C=C(C)[C@@H](O)[C@@H](O)C[C@@H](C)C1=C2CC[C@H]3[C@@]4(C)CCC(=O)C(C)(C)[C@@H]4CC[C@]3(C)[C@@]2(C)CC1. The molecule has 0 aromatic heterocycles. The number of ketones is 1. The minimum atomic E-state index is -0.841. The minimum absolute atomic E-state index is 0.193. The van der Waals surface area contributed by atoms with E-state index in [1.165, 1.54) is 25.7 Å². The van der Waals surface area contributed by atoms with E-state index in [2.05, 4.69) is 48.1 Å². The Labute approximate surface area is 202 Å². The van der Waals surface area contributed by atoms with Gasteiger partial charge in [-0.05, 0) is 97.9 Å². The fourth-order valence-corrected chi connectivity index (χ4v) is 9.56. The Morgan fingerprint density at radius 1 is 1.00 bits per heavy atom. The van der Waals surface area contributed by atoms with Crippen molar-refractivity contribution in [3.05, 3.63) is 23.3 Å². The minimum Gasteiger partial charge on any atom is -0.390 e. The first-order chi connectivity index (χ1) is 15.2. The summed E-state index contributed by atoms with van der Waals surface area (Å²) in [5.41, 5.74) is 4.37. The van der Waals surface area contributed by atoms with Crippen molar-refractivity contribution in [3.8, 4) is 0 Å². The molecular formula is C30H48O3. The fourth-order valence-electron chi connectivity index (χ4n) is 9.56. The van der Waals surface area contributed by atoms with E-state index >= 15 is 0 Å². The summed E-state index contributed by atoms with van der Waals surface area (Å²) in [5.74, 6) is 1.92. The normalized spacial score (nSPS) is 42.8. The molecule has 3 heteroatoms. The molecule has 4 rings (SSSR count). The maximum atomic E-state index is 12.8. The first-order valence-corrected chi connectivity index (χ1v) is 13.5. The van der Waals surface area contributed by atoms with E-state index in [-0.39, 0.29) is 27.6 Å². The predicted molar refractivity (Wildman–Crippen MR) is 135 cm³/mol. The molecule has 8 atom stereocenters. The summed E-state index contributed by atoms with van der Waals surface area (Å²) in [6.07, 6.45) is 7.91. The predicted octanol–water partition coefficient (Wildman–Crippen LogP) is 6.63. The molecule has 0 saturated heterocycles. The number of hydrogen-bond donors (Lipinski definition) is 2. The lowest BCUT2D eigenvalue weighted by Crippen LogP contribution is -2.62. The molecule has 3 nitrogen and oxygen atoms in total. The molecule has 3 saturated carbocycles. The highest BCUT2D eigenvalue weighted by Gasteiger charge is 2.66. The monoisotopic (exact) mass is 456 g/mol. The summed E-state index contributed by atoms with van der Waals surface area (Å²) in [6, 6.07) is 0. The highest BCUT2D eigenvalue weighted by molar-refractivity contribution is 5.85. The summed E-state index contributed by atoms with van der Waals surface area (Å²) in [6.45, 7) is 19.9. The second kappa shape index (κ2) is 8.05. The third kappa shape index (κ3) is 3.46. The molecule has 4 aliphatic carbocycles. The molecule has 0 bridgehead atoms. The van der Waals surface area contributed by atoms with Crippen LogP contribution in [0.3, 0.4) is 0 Å². The lowest BCUT2D eigenvalue weighted by atomic mass is 9.36. The van der Waals surface area contributed by atoms with Gasteiger partial charge < -0.3 is 10.2 Å². The van der Waals surface area contributed by atoms with E-state index in [0.29, 0.717) is 29.6 Å². The van der Waals surface area contributed by atoms with Crippen molar-refractivity contribution in [2.75, 3.05) is 0 Å². The Bertz CT molecular complexity index is 868. The van der Waals surface area contributed by atoms with Crippen LogP contribution in [0.5, 0.6) is 0 Å². The van der Waals surface area contributed by atoms with E-state index in [0.717, 1.165) is 25.7 Å². The molecule has 4 aliphatic rings. The van der Waals surface area contributed by atoms with Gasteiger partial charge in [0.05, 0.1) is 6.10 Å². The molecule has 186 valence electrons. The van der Waals surface area contributed by atoms with Crippen LogP contribution < -0.4 is 0 Å². The topological polar surface area (TPSA) is 57.5 Å². The average molecular weight is 457 g/mol. The molecule has 0 aromatic carbocycles. The standard InChI is InChI=1S/C30H48O3/c1-18(2)26(33)22(31)17-19(3)20-11-15-29(7)21(20)9-10-24-28(6)14-13-25(32)27(4,5)23(28)12-16-30(24,29)8/h19,22-24,26,31,33H,1,9-17H2,2-8H3/t19-,22+,23+,24+,26-,28+,29+,30+/m1/s1. The first kappa shape index (κ1) is 25.2. The van der Waals surface area contributed by atoms with Crippen molar-refractivity contribution in [1.29, 1.82) is 0 Å². The number of rotatable bonds is 5. The maximum absolute atomic E-state index is 12.8. The molecule has 0 heterocycles. The van der Waals surface area contributed by atoms with Gasteiger partial charge in [0.15, 0.2) is 0 Å². The van der Waals surface area contributed by atoms with Crippen molar-refractivity contribution in [3.63, 3.8) is 0 Å². The van der Waals surface area contributed by atoms with Crippen molar-refractivity contribution in [2.45, 2.75) is 118 Å². The van der Waals surface area contributed by atoms with Crippen LogP contribution in [-0.4, -0.2) is 28.2 Å². The van der Waals surface area contributed by atoms with Crippen molar-refractivity contribution in [2.24, 2.45) is 39.4 Å². The van der Waals surface area contributed by atoms with Crippen LogP contribution in [0.15, 0.2) is 23.3 Å². The Morgan fingerprint density at radius 3 is 2.30 bits per heavy atom. The number of hydrogen-bond acceptors (Lipinski definition) is 3. The van der Waals surface area contributed by atoms with Crippen LogP contribution in [0, 0.1) is 39.4 Å². The van der Waals surface area contributed by atoms with Gasteiger partial charge in [-0.2, -0.15) is 0 Å². The number of Topliss-reactive ketones (excluding diaryl/α,β-unsaturated/α-hetero) is 1. The summed E-state index contributed by atoms with van der Waals surface area (Å²) in [4.78, 5) is 12.8. The first-order valence-electron chi connectivity index (χ1n) is 13.5. The van der Waals surface area contributed by atoms with E-state index in [9.17, 15) is 15.0 Å². The maximum Gasteiger partial charge on any atom is 0.138 e. The molecule has 0 aromatic rings. The third-order valence-electron chi connectivity index (χ3n) is 11.7. The molecule has 33 heavy (non-hydrogen) atoms. The summed E-state index contributed by atoms with van der Waals surface area (Å²) in [5, 5.41) is 20.9. The summed E-state index contributed by atoms with van der Waals surface area (Å²) in [7, 11) is 0. The molecule has 3 fully saturated rings. The van der Waals surface area contributed by atoms with Crippen molar-refractivity contribution < 1.29 is 15.0 Å². The van der Waals surface area contributed by atoms with Gasteiger partial charge in [-0.25, -0.2) is 0 Å². The zero-order valence-corrected chi connectivity index (χ0v) is 22.3. The summed E-state index contributed by atoms with van der Waals surface area (Å²) < 4.78 is 0. The zero-order valence-electron chi connectivity index (χ0n) is 22.3. The third-order valence-corrected chi connectivity index (χ3v) is 11.7. The molecule has 0 amide bonds. The Hall–Kier alpha value is -0.930. The Balaban J connectivity index is 1.64. The lowest BCUT2D eigenvalue weighted by molar-refractivity contribution is -0.180. The van der Waals surface area contributed by atoms with Crippen molar-refractivity contribution >= 4 is 5.78 Å². The van der Waals surface area contributed by atoms with E-state index < -0.39 is 12.2 Å². The van der Waals surface area contributed by atoms with Gasteiger partial charge in [-0.1, -0.05) is 59.3 Å². The Kier molecular flexibility index (Phi) is 6.14. The van der Waals surface area contributed by atoms with Gasteiger partial charge in [0.25, 0.3) is 0 Å². The largest absolute Gasteiger partial charge is 0.390 e. The zero-order chi connectivity index (χ0) is 24.6. The number of aliphatic hydroxyl groups is 2. The van der Waals surface area contributed by atoms with Crippen molar-refractivity contribution in [1.82, 2.24) is 0 Å². The summed E-state index contributed by atoms with van der Waals surface area (Å²) >= 11 is 0. The average Bonchev–Trinajstić information content (AvgIpc) is 3.09. The van der Waals surface area contributed by atoms with Gasteiger partial charge in [0.2, 0.25) is 0 Å². The van der Waals surface area contributed by atoms with E-state index in [1.807, 2.05) is 0 Å². The number of carbonyl (C=O) groups excluding carboxylic acids is 1. The molecule has 0 radical (unpaired) electrons. The van der Waals surface area contributed by atoms with Crippen LogP contribution in [0.1, 0.15) is 106 Å². The molecule has 2 N–H and O–H groups in total. The van der Waals surface area contributed by atoms with Crippen LogP contribution in [0.4, 0.5) is 0 Å². The van der Waals surface area contributed by atoms with E-state index in [1.54, 1.807) is 18.1 Å². The van der Waals surface area contributed by atoms with Crippen LogP contribution >= 0.6 is 0 Å². The number of carbonyl (C=O) groups is 1. The highest BCUT2D eigenvalue weighted by Crippen LogP contribution is 2.74. The smallest absolute Gasteiger partial charge is 0.138 e. The number of aliphatic hydroxyl groups excluding tert-OH is 2. The lowest BCUT2D eigenvalue weighted by Gasteiger charge is -2.68. The highest BCUT2D eigenvalue weighted by atomic mass is 16.3. The second-order valence-electron chi connectivity index (χ2n) is 13.6. The van der Waals surface area contributed by atoms with Gasteiger partial charge in [0.1, 0.15) is 11.9 Å².